The van der Waals surface area contributed by atoms with Gasteiger partial charge < -0.3 is 16.2 Å². The molecule has 0 atom stereocenters. The lowest BCUT2D eigenvalue weighted by Crippen LogP contribution is -2.14. The fraction of sp³-hybridized carbons (Fsp3) is 0.143. The van der Waals surface area contributed by atoms with Gasteiger partial charge in [0.15, 0.2) is 9.84 Å². The molecule has 0 aliphatic heterocycles. The molecule has 0 heterocycles. The van der Waals surface area contributed by atoms with E-state index in [1.165, 1.54) is 18.2 Å². The van der Waals surface area contributed by atoms with Gasteiger partial charge in [-0.25, -0.2) is 8.42 Å². The van der Waals surface area contributed by atoms with Gasteiger partial charge in [-0.15, -0.1) is 0 Å². The third-order valence-corrected chi connectivity index (χ3v) is 2.75. The Morgan fingerprint density at radius 1 is 1.50 bits per heavy atom. The van der Waals surface area contributed by atoms with Crippen LogP contribution in [0.3, 0.4) is 0 Å². The van der Waals surface area contributed by atoms with Crippen molar-refractivity contribution in [1.29, 1.82) is 0 Å². The monoisotopic (exact) mass is 217 g/mol. The maximum absolute atomic E-state index is 11.2. The van der Waals surface area contributed by atoms with Crippen LogP contribution in [0.4, 0.5) is 11.4 Å². The number of rotatable bonds is 2. The third-order valence-electron chi connectivity index (χ3n) is 1.62. The van der Waals surface area contributed by atoms with Crippen LogP contribution in [0.15, 0.2) is 23.1 Å². The highest BCUT2D eigenvalue weighted by Crippen LogP contribution is 2.29. The van der Waals surface area contributed by atoms with Crippen LogP contribution in [-0.4, -0.2) is 19.9 Å². The predicted octanol–water partition coefficient (Wildman–Crippen LogP) is 0.366. The van der Waals surface area contributed by atoms with E-state index in [4.69, 9.17) is 10.9 Å². The Morgan fingerprint density at radius 3 is 2.43 bits per heavy atom. The number of anilines is 2. The standard InChI is InChI=1S/C7H9N2O4S/c1-14(12,13)6-4-2-3-5(8)7(6)9(10)11/h2-4,10H,8H2,1H3/q-1. The maximum atomic E-state index is 11.2. The topological polar surface area (TPSA) is 107 Å². The van der Waals surface area contributed by atoms with Crippen LogP contribution in [0, 0.1) is 5.21 Å². The second-order valence-corrected chi connectivity index (χ2v) is 4.72. The molecule has 0 aromatic heterocycles. The molecule has 7 heteroatoms. The molecule has 0 saturated heterocycles. The molecule has 78 valence electrons. The molecule has 0 aliphatic carbocycles. The molecular weight excluding hydrogens is 208 g/mol. The van der Waals surface area contributed by atoms with Crippen molar-refractivity contribution in [3.05, 3.63) is 23.4 Å². The summed E-state index contributed by atoms with van der Waals surface area (Å²) in [6.45, 7) is 0. The summed E-state index contributed by atoms with van der Waals surface area (Å²) in [4.78, 5) is -0.296. The van der Waals surface area contributed by atoms with E-state index in [1.54, 1.807) is 0 Å². The highest BCUT2D eigenvalue weighted by molar-refractivity contribution is 7.90. The van der Waals surface area contributed by atoms with Crippen LogP contribution in [-0.2, 0) is 9.84 Å². The second kappa shape index (κ2) is 3.45. The lowest BCUT2D eigenvalue weighted by Gasteiger charge is -2.25. The van der Waals surface area contributed by atoms with Crippen LogP contribution in [0.1, 0.15) is 0 Å². The van der Waals surface area contributed by atoms with E-state index < -0.39 is 20.8 Å². The number of sulfone groups is 1. The smallest absolute Gasteiger partial charge is 0.177 e. The number of hydrogen-bond donors (Lipinski definition) is 2. The molecule has 0 bridgehead atoms. The summed E-state index contributed by atoms with van der Waals surface area (Å²) >= 11 is 0. The Balaban J connectivity index is 3.52. The highest BCUT2D eigenvalue weighted by atomic mass is 32.2. The van der Waals surface area contributed by atoms with Gasteiger partial charge in [0.25, 0.3) is 0 Å². The number of para-hydroxylation sites is 1. The number of nitrogens with zero attached hydrogens (tertiary/aromatic N) is 1. The van der Waals surface area contributed by atoms with E-state index in [1.807, 2.05) is 0 Å². The number of nitrogens with two attached hydrogens (primary N) is 1. The van der Waals surface area contributed by atoms with Crippen molar-refractivity contribution in [2.24, 2.45) is 0 Å². The molecule has 0 unspecified atom stereocenters. The molecule has 1 aromatic rings. The zero-order valence-electron chi connectivity index (χ0n) is 7.34. The molecule has 0 radical (unpaired) electrons. The lowest BCUT2D eigenvalue weighted by atomic mass is 10.3. The molecule has 1 rings (SSSR count). The van der Waals surface area contributed by atoms with Crippen LogP contribution in [0.25, 0.3) is 0 Å². The van der Waals surface area contributed by atoms with Crippen molar-refractivity contribution in [3.8, 4) is 0 Å². The maximum Gasteiger partial charge on any atom is 0.177 e. The van der Waals surface area contributed by atoms with Crippen molar-refractivity contribution >= 4 is 21.2 Å². The largest absolute Gasteiger partial charge is 0.733 e. The zero-order chi connectivity index (χ0) is 10.9. The first-order chi connectivity index (χ1) is 6.34. The highest BCUT2D eigenvalue weighted by Gasteiger charge is 2.15. The van der Waals surface area contributed by atoms with Crippen LogP contribution >= 0.6 is 0 Å². The van der Waals surface area contributed by atoms with E-state index >= 15 is 0 Å². The van der Waals surface area contributed by atoms with E-state index in [0.717, 1.165) is 6.26 Å². The SMILES string of the molecule is CS(=O)(=O)c1cccc(N)c1N([O-])O. The van der Waals surface area contributed by atoms with Crippen LogP contribution in [0.2, 0.25) is 0 Å². The molecule has 1 aromatic carbocycles. The summed E-state index contributed by atoms with van der Waals surface area (Å²) in [6, 6.07) is 3.91. The van der Waals surface area contributed by atoms with Crippen molar-refractivity contribution in [2.45, 2.75) is 4.90 Å². The minimum atomic E-state index is -3.58. The van der Waals surface area contributed by atoms with Gasteiger partial charge >= 0.3 is 0 Å². The summed E-state index contributed by atoms with van der Waals surface area (Å²) in [5.74, 6) is 0. The minimum Gasteiger partial charge on any atom is -0.733 e. The van der Waals surface area contributed by atoms with Gasteiger partial charge in [0.05, 0.1) is 16.3 Å². The third kappa shape index (κ3) is 1.95. The summed E-state index contributed by atoms with van der Waals surface area (Å²) < 4.78 is 22.4. The molecule has 0 aliphatic rings. The summed E-state index contributed by atoms with van der Waals surface area (Å²) in [6.07, 6.45) is 0.925. The fourth-order valence-corrected chi connectivity index (χ4v) is 1.92. The van der Waals surface area contributed by atoms with E-state index in [2.05, 4.69) is 0 Å². The zero-order valence-corrected chi connectivity index (χ0v) is 8.15. The summed E-state index contributed by atoms with van der Waals surface area (Å²) in [5, 5.41) is 18.8. The molecule has 0 saturated carbocycles. The summed E-state index contributed by atoms with van der Waals surface area (Å²) in [7, 11) is -3.58. The van der Waals surface area contributed by atoms with Crippen molar-refractivity contribution in [1.82, 2.24) is 0 Å². The van der Waals surface area contributed by atoms with Gasteiger partial charge in [-0.05, 0) is 12.1 Å². The number of hydrogen-bond acceptors (Lipinski definition) is 6. The molecule has 0 spiro atoms. The van der Waals surface area contributed by atoms with Gasteiger partial charge in [0.1, 0.15) is 0 Å². The second-order valence-electron chi connectivity index (χ2n) is 2.74. The first kappa shape index (κ1) is 10.8. The lowest BCUT2D eigenvalue weighted by molar-refractivity contribution is 0.295. The normalized spacial score (nSPS) is 11.4. The average molecular weight is 217 g/mol. The molecule has 3 N–H and O–H groups in total. The Kier molecular flexibility index (Phi) is 2.65. The van der Waals surface area contributed by atoms with Gasteiger partial charge in [0, 0.05) is 6.26 Å². The van der Waals surface area contributed by atoms with E-state index in [9.17, 15) is 13.6 Å². The van der Waals surface area contributed by atoms with Crippen LogP contribution < -0.4 is 11.0 Å². The van der Waals surface area contributed by atoms with Gasteiger partial charge in [-0.2, -0.15) is 0 Å². The van der Waals surface area contributed by atoms with Crippen LogP contribution in [0.5, 0.6) is 0 Å². The Labute approximate surface area is 81.0 Å². The van der Waals surface area contributed by atoms with E-state index in [-0.39, 0.29) is 10.6 Å². The molecule has 0 amide bonds. The van der Waals surface area contributed by atoms with Crippen molar-refractivity contribution in [3.63, 3.8) is 0 Å². The minimum absolute atomic E-state index is 0.0922. The fourth-order valence-electron chi connectivity index (χ4n) is 1.04. The molecule has 6 nitrogen and oxygen atoms in total. The van der Waals surface area contributed by atoms with Crippen molar-refractivity contribution in [2.75, 3.05) is 17.2 Å². The number of benzene rings is 1. The predicted molar refractivity (Wildman–Crippen MR) is 51.6 cm³/mol. The first-order valence-electron chi connectivity index (χ1n) is 3.58. The van der Waals surface area contributed by atoms with Gasteiger partial charge in [-0.1, -0.05) is 6.07 Å². The molecular formula is C7H9N2O4S-. The number of nitrogen functional groups attached to an aromatic ring is 1. The molecule has 0 fully saturated rings. The quantitative estimate of drug-likeness (QED) is 0.547. The Bertz CT molecular complexity index is 441. The van der Waals surface area contributed by atoms with Gasteiger partial charge in [-0.3, -0.25) is 5.21 Å². The first-order valence-corrected chi connectivity index (χ1v) is 5.48. The summed E-state index contributed by atoms with van der Waals surface area (Å²) in [5.41, 5.74) is 4.81. The van der Waals surface area contributed by atoms with Crippen molar-refractivity contribution < 1.29 is 13.6 Å². The average Bonchev–Trinajstić information content (AvgIpc) is 2.01. The molecule has 14 heavy (non-hydrogen) atoms. The Morgan fingerprint density at radius 2 is 2.07 bits per heavy atom. The Hall–Kier alpha value is -1.31. The van der Waals surface area contributed by atoms with E-state index in [0.29, 0.717) is 0 Å². The van der Waals surface area contributed by atoms with Gasteiger partial charge in [0.2, 0.25) is 0 Å².